The number of nitrogens with zero attached hydrogens (tertiary/aromatic N) is 1. The molecule has 7 heteroatoms. The van der Waals surface area contributed by atoms with Crippen molar-refractivity contribution in [3.63, 3.8) is 0 Å². The molecule has 0 spiro atoms. The van der Waals surface area contributed by atoms with Crippen LogP contribution in [0.2, 0.25) is 0 Å². The van der Waals surface area contributed by atoms with Crippen molar-refractivity contribution >= 4 is 29.2 Å². The number of amides is 2. The number of ketones is 1. The molecule has 0 aliphatic rings. The standard InChI is InChI=1S/C16H22ClN3O3/c1-11(18)16(23)19-10-15(22)20(2)13(14(21)9-17)8-12-6-4-3-5-7-12/h3-7,11,13H,8-10,18H2,1-2H3,(H,19,23)/t11-,13+/m1/s1. The molecule has 0 fully saturated rings. The number of rotatable bonds is 8. The molecule has 2 atom stereocenters. The van der Waals surface area contributed by atoms with Crippen LogP contribution in [0.5, 0.6) is 0 Å². The number of carbonyl (C=O) groups is 3. The zero-order valence-electron chi connectivity index (χ0n) is 13.3. The van der Waals surface area contributed by atoms with Crippen LogP contribution in [-0.4, -0.2) is 54.1 Å². The number of alkyl halides is 1. The topological polar surface area (TPSA) is 92.5 Å². The van der Waals surface area contributed by atoms with Crippen molar-refractivity contribution < 1.29 is 14.4 Å². The number of benzene rings is 1. The van der Waals surface area contributed by atoms with E-state index in [0.717, 1.165) is 5.56 Å². The molecule has 0 heterocycles. The second-order valence-corrected chi connectivity index (χ2v) is 5.58. The van der Waals surface area contributed by atoms with E-state index in [2.05, 4.69) is 5.32 Å². The maximum absolute atomic E-state index is 12.2. The van der Waals surface area contributed by atoms with E-state index < -0.39 is 18.0 Å². The molecular formula is C16H22ClN3O3. The predicted octanol–water partition coefficient (Wildman–Crippen LogP) is 0.327. The van der Waals surface area contributed by atoms with Crippen LogP contribution in [0, 0.1) is 0 Å². The second-order valence-electron chi connectivity index (χ2n) is 5.32. The van der Waals surface area contributed by atoms with Crippen molar-refractivity contribution in [1.82, 2.24) is 10.2 Å². The number of hydrogen-bond donors (Lipinski definition) is 2. The highest BCUT2D eigenvalue weighted by atomic mass is 35.5. The van der Waals surface area contributed by atoms with Crippen LogP contribution in [0.25, 0.3) is 0 Å². The summed E-state index contributed by atoms with van der Waals surface area (Å²) in [5.41, 5.74) is 6.35. The van der Waals surface area contributed by atoms with Gasteiger partial charge in [0.05, 0.1) is 24.5 Å². The zero-order chi connectivity index (χ0) is 17.4. The molecule has 2 amide bonds. The van der Waals surface area contributed by atoms with Gasteiger partial charge in [0, 0.05) is 7.05 Å². The van der Waals surface area contributed by atoms with Crippen LogP contribution in [0.1, 0.15) is 12.5 Å². The summed E-state index contributed by atoms with van der Waals surface area (Å²) in [6.07, 6.45) is 0.371. The highest BCUT2D eigenvalue weighted by molar-refractivity contribution is 6.28. The van der Waals surface area contributed by atoms with Crippen molar-refractivity contribution in [2.75, 3.05) is 19.5 Å². The van der Waals surface area contributed by atoms with Crippen molar-refractivity contribution in [3.8, 4) is 0 Å². The highest BCUT2D eigenvalue weighted by Gasteiger charge is 2.26. The largest absolute Gasteiger partial charge is 0.346 e. The number of hydrogen-bond acceptors (Lipinski definition) is 4. The van der Waals surface area contributed by atoms with Gasteiger partial charge in [-0.05, 0) is 18.9 Å². The van der Waals surface area contributed by atoms with Gasteiger partial charge in [-0.1, -0.05) is 30.3 Å². The van der Waals surface area contributed by atoms with Crippen molar-refractivity contribution in [1.29, 1.82) is 0 Å². The van der Waals surface area contributed by atoms with Gasteiger partial charge < -0.3 is 16.0 Å². The van der Waals surface area contributed by atoms with Gasteiger partial charge in [-0.15, -0.1) is 11.6 Å². The average molecular weight is 340 g/mol. The van der Waals surface area contributed by atoms with Crippen LogP contribution in [0.15, 0.2) is 30.3 Å². The number of carbonyl (C=O) groups excluding carboxylic acids is 3. The lowest BCUT2D eigenvalue weighted by Crippen LogP contribution is -2.49. The number of nitrogens with two attached hydrogens (primary N) is 1. The first kappa shape index (κ1) is 19.1. The summed E-state index contributed by atoms with van der Waals surface area (Å²) in [5, 5.41) is 2.44. The Morgan fingerprint density at radius 1 is 1.26 bits per heavy atom. The highest BCUT2D eigenvalue weighted by Crippen LogP contribution is 2.10. The number of Topliss-reactive ketones (excluding diaryl/α,β-unsaturated/α-hetero) is 1. The lowest BCUT2D eigenvalue weighted by molar-refractivity contribution is -0.137. The number of nitrogens with one attached hydrogen (secondary N) is 1. The van der Waals surface area contributed by atoms with Gasteiger partial charge in [0.2, 0.25) is 11.8 Å². The summed E-state index contributed by atoms with van der Waals surface area (Å²) >= 11 is 5.66. The zero-order valence-corrected chi connectivity index (χ0v) is 14.0. The SMILES string of the molecule is C[C@@H](N)C(=O)NCC(=O)N(C)[C@@H](Cc1ccccc1)C(=O)CCl. The molecule has 3 N–H and O–H groups in total. The minimum absolute atomic E-state index is 0.179. The summed E-state index contributed by atoms with van der Waals surface area (Å²) in [6.45, 7) is 1.32. The lowest BCUT2D eigenvalue weighted by Gasteiger charge is -2.27. The average Bonchev–Trinajstić information content (AvgIpc) is 2.56. The van der Waals surface area contributed by atoms with Crippen LogP contribution in [0.4, 0.5) is 0 Å². The van der Waals surface area contributed by atoms with E-state index >= 15 is 0 Å². The fourth-order valence-corrected chi connectivity index (χ4v) is 2.19. The normalized spacial score (nSPS) is 13.0. The van der Waals surface area contributed by atoms with Gasteiger partial charge in [0.1, 0.15) is 0 Å². The lowest BCUT2D eigenvalue weighted by atomic mass is 10.0. The van der Waals surface area contributed by atoms with E-state index in [4.69, 9.17) is 17.3 Å². The molecule has 0 saturated carbocycles. The number of halogens is 1. The Balaban J connectivity index is 2.75. The Kier molecular flexibility index (Phi) is 7.71. The minimum Gasteiger partial charge on any atom is -0.346 e. The first-order chi connectivity index (χ1) is 10.9. The van der Waals surface area contributed by atoms with Gasteiger partial charge in [-0.25, -0.2) is 0 Å². The molecule has 6 nitrogen and oxygen atoms in total. The molecule has 0 aliphatic heterocycles. The Morgan fingerprint density at radius 2 is 1.87 bits per heavy atom. The molecule has 0 aromatic heterocycles. The summed E-state index contributed by atoms with van der Waals surface area (Å²) in [6, 6.07) is 7.99. The Hall–Kier alpha value is -1.92. The molecule has 0 unspecified atom stereocenters. The molecule has 23 heavy (non-hydrogen) atoms. The van der Waals surface area contributed by atoms with Crippen LogP contribution < -0.4 is 11.1 Å². The Morgan fingerprint density at radius 3 is 2.39 bits per heavy atom. The molecule has 0 aliphatic carbocycles. The van der Waals surface area contributed by atoms with Gasteiger partial charge in [-0.2, -0.15) is 0 Å². The molecule has 1 rings (SSSR count). The van der Waals surface area contributed by atoms with E-state index in [-0.39, 0.29) is 24.1 Å². The smallest absolute Gasteiger partial charge is 0.242 e. The maximum atomic E-state index is 12.2. The Bertz CT molecular complexity index is 549. The van der Waals surface area contributed by atoms with Crippen LogP contribution >= 0.6 is 11.6 Å². The van der Waals surface area contributed by atoms with Crippen molar-refractivity contribution in [2.24, 2.45) is 5.73 Å². The van der Waals surface area contributed by atoms with Crippen molar-refractivity contribution in [3.05, 3.63) is 35.9 Å². The fraction of sp³-hybridized carbons (Fsp3) is 0.438. The van der Waals surface area contributed by atoms with Crippen LogP contribution in [0.3, 0.4) is 0 Å². The number of likely N-dealkylation sites (N-methyl/N-ethyl adjacent to an activating group) is 1. The molecular weight excluding hydrogens is 318 g/mol. The predicted molar refractivity (Wildman–Crippen MR) is 89.1 cm³/mol. The van der Waals surface area contributed by atoms with Gasteiger partial charge in [0.15, 0.2) is 5.78 Å². The third-order valence-electron chi connectivity index (χ3n) is 3.46. The molecule has 0 radical (unpaired) electrons. The summed E-state index contributed by atoms with van der Waals surface area (Å²) < 4.78 is 0. The maximum Gasteiger partial charge on any atom is 0.242 e. The van der Waals surface area contributed by atoms with E-state index in [1.807, 2.05) is 30.3 Å². The third kappa shape index (κ3) is 6.00. The Labute approximate surface area is 141 Å². The summed E-state index contributed by atoms with van der Waals surface area (Å²) in [7, 11) is 1.53. The molecule has 0 saturated heterocycles. The van der Waals surface area contributed by atoms with E-state index in [1.165, 1.54) is 18.9 Å². The van der Waals surface area contributed by atoms with E-state index in [9.17, 15) is 14.4 Å². The van der Waals surface area contributed by atoms with Crippen molar-refractivity contribution in [2.45, 2.75) is 25.4 Å². The molecule has 1 aromatic rings. The van der Waals surface area contributed by atoms with Crippen LogP contribution in [-0.2, 0) is 20.8 Å². The third-order valence-corrected chi connectivity index (χ3v) is 3.73. The molecule has 126 valence electrons. The van der Waals surface area contributed by atoms with Gasteiger partial charge in [0.25, 0.3) is 0 Å². The monoisotopic (exact) mass is 339 g/mol. The first-order valence-electron chi connectivity index (χ1n) is 7.28. The van der Waals surface area contributed by atoms with Gasteiger partial charge in [-0.3, -0.25) is 14.4 Å². The second kappa shape index (κ2) is 9.27. The van der Waals surface area contributed by atoms with Gasteiger partial charge >= 0.3 is 0 Å². The van der Waals surface area contributed by atoms with E-state index in [1.54, 1.807) is 0 Å². The molecule has 0 bridgehead atoms. The first-order valence-corrected chi connectivity index (χ1v) is 7.81. The van der Waals surface area contributed by atoms with E-state index in [0.29, 0.717) is 6.42 Å². The molecule has 1 aromatic carbocycles. The summed E-state index contributed by atoms with van der Waals surface area (Å²) in [5.74, 6) is -1.22. The minimum atomic E-state index is -0.697. The quantitative estimate of drug-likeness (QED) is 0.667. The summed E-state index contributed by atoms with van der Waals surface area (Å²) in [4.78, 5) is 37.0. The fourth-order valence-electron chi connectivity index (χ4n) is 2.02.